The van der Waals surface area contributed by atoms with Gasteiger partial charge in [-0.05, 0) is 24.3 Å². The van der Waals surface area contributed by atoms with Gasteiger partial charge in [-0.3, -0.25) is 0 Å². The molecule has 3 aromatic rings. The van der Waals surface area contributed by atoms with E-state index in [-0.39, 0.29) is 5.82 Å². The zero-order valence-corrected chi connectivity index (χ0v) is 11.3. The van der Waals surface area contributed by atoms with E-state index in [1.54, 1.807) is 19.2 Å². The molecule has 0 saturated heterocycles. The fourth-order valence-electron chi connectivity index (χ4n) is 2.05. The number of furan rings is 1. The molecule has 0 fully saturated rings. The van der Waals surface area contributed by atoms with Gasteiger partial charge < -0.3 is 9.73 Å². The number of rotatable bonds is 3. The van der Waals surface area contributed by atoms with Crippen molar-refractivity contribution in [1.29, 1.82) is 0 Å². The number of benzene rings is 1. The minimum Gasteiger partial charge on any atom is -0.454 e. The summed E-state index contributed by atoms with van der Waals surface area (Å²) < 4.78 is 18.9. The maximum atomic E-state index is 13.2. The first kappa shape index (κ1) is 12.6. The van der Waals surface area contributed by atoms with Gasteiger partial charge in [-0.2, -0.15) is 0 Å². The van der Waals surface area contributed by atoms with Gasteiger partial charge >= 0.3 is 0 Å². The molecular weight excluding hydrogens is 257 g/mol. The molecule has 0 bridgehead atoms. The van der Waals surface area contributed by atoms with Gasteiger partial charge in [0.15, 0.2) is 5.76 Å². The molecule has 0 unspecified atom stereocenters. The number of nitrogens with one attached hydrogen (secondary N) is 1. The van der Waals surface area contributed by atoms with Crippen molar-refractivity contribution in [1.82, 2.24) is 9.97 Å². The zero-order valence-electron chi connectivity index (χ0n) is 11.3. The Kier molecular flexibility index (Phi) is 3.10. The van der Waals surface area contributed by atoms with Gasteiger partial charge in [0.05, 0.1) is 0 Å². The Bertz CT molecular complexity index is 745. The predicted molar refractivity (Wildman–Crippen MR) is 76.1 cm³/mol. The Morgan fingerprint density at radius 1 is 1.20 bits per heavy atom. The third-order valence-electron chi connectivity index (χ3n) is 3.08. The van der Waals surface area contributed by atoms with E-state index < -0.39 is 0 Å². The summed E-state index contributed by atoms with van der Waals surface area (Å²) >= 11 is 0. The minimum atomic E-state index is -0.280. The number of anilines is 1. The first-order valence-electron chi connectivity index (χ1n) is 6.45. The lowest BCUT2D eigenvalue weighted by molar-refractivity contribution is 0.617. The largest absolute Gasteiger partial charge is 0.454 e. The summed E-state index contributed by atoms with van der Waals surface area (Å²) in [4.78, 5) is 8.79. The Morgan fingerprint density at radius 3 is 2.80 bits per heavy atom. The molecule has 0 atom stereocenters. The van der Waals surface area contributed by atoms with Crippen LogP contribution in [0, 0.1) is 5.82 Å². The van der Waals surface area contributed by atoms with E-state index in [4.69, 9.17) is 4.42 Å². The average Bonchev–Trinajstić information content (AvgIpc) is 2.89. The minimum absolute atomic E-state index is 0.280. The van der Waals surface area contributed by atoms with E-state index in [1.165, 1.54) is 12.1 Å². The second kappa shape index (κ2) is 4.92. The second-order valence-corrected chi connectivity index (χ2v) is 4.45. The van der Waals surface area contributed by atoms with Crippen LogP contribution in [-0.4, -0.2) is 17.0 Å². The Hall–Kier alpha value is -2.43. The molecule has 0 spiro atoms. The van der Waals surface area contributed by atoms with E-state index in [0.29, 0.717) is 17.0 Å². The monoisotopic (exact) mass is 271 g/mol. The molecule has 5 heteroatoms. The second-order valence-electron chi connectivity index (χ2n) is 4.45. The standard InChI is InChI=1S/C15H14FN3O/c1-3-14-18-11(8-15(17-2)19-14)13-7-9-6-10(16)4-5-12(9)20-13/h4-8H,3H2,1-2H3,(H,17,18,19). The molecule has 3 rings (SSSR count). The van der Waals surface area contributed by atoms with Crippen molar-refractivity contribution in [2.24, 2.45) is 0 Å². The van der Waals surface area contributed by atoms with Gasteiger partial charge in [-0.25, -0.2) is 14.4 Å². The molecule has 20 heavy (non-hydrogen) atoms. The Morgan fingerprint density at radius 2 is 2.05 bits per heavy atom. The van der Waals surface area contributed by atoms with Crippen molar-refractivity contribution < 1.29 is 8.81 Å². The Balaban J connectivity index is 2.14. The number of fused-ring (bicyclic) bond motifs is 1. The molecule has 1 N–H and O–H groups in total. The fourth-order valence-corrected chi connectivity index (χ4v) is 2.05. The molecule has 0 radical (unpaired) electrons. The van der Waals surface area contributed by atoms with Crippen LogP contribution >= 0.6 is 0 Å². The molecule has 0 amide bonds. The molecule has 0 saturated carbocycles. The van der Waals surface area contributed by atoms with Gasteiger partial charge in [0, 0.05) is 24.9 Å². The molecule has 0 aliphatic carbocycles. The van der Waals surface area contributed by atoms with Crippen molar-refractivity contribution in [3.63, 3.8) is 0 Å². The number of halogens is 1. The van der Waals surface area contributed by atoms with E-state index in [1.807, 2.05) is 13.0 Å². The molecule has 0 aliphatic rings. The number of nitrogens with zero attached hydrogens (tertiary/aromatic N) is 2. The molecule has 102 valence electrons. The van der Waals surface area contributed by atoms with E-state index >= 15 is 0 Å². The van der Waals surface area contributed by atoms with Gasteiger partial charge in [0.1, 0.15) is 28.7 Å². The van der Waals surface area contributed by atoms with Crippen LogP contribution in [-0.2, 0) is 6.42 Å². The SMILES string of the molecule is CCc1nc(NC)cc(-c2cc3cc(F)ccc3o2)n1. The van der Waals surface area contributed by atoms with E-state index in [9.17, 15) is 4.39 Å². The summed E-state index contributed by atoms with van der Waals surface area (Å²) in [6.45, 7) is 1.99. The van der Waals surface area contributed by atoms with Crippen LogP contribution in [0.2, 0.25) is 0 Å². The maximum absolute atomic E-state index is 13.2. The predicted octanol–water partition coefficient (Wildman–Crippen LogP) is 3.63. The topological polar surface area (TPSA) is 51.0 Å². The normalized spacial score (nSPS) is 10.9. The lowest BCUT2D eigenvalue weighted by atomic mass is 10.2. The highest BCUT2D eigenvalue weighted by atomic mass is 19.1. The van der Waals surface area contributed by atoms with Crippen LogP contribution in [0.15, 0.2) is 34.7 Å². The van der Waals surface area contributed by atoms with Crippen LogP contribution in [0.25, 0.3) is 22.4 Å². The first-order chi connectivity index (χ1) is 9.69. The summed E-state index contributed by atoms with van der Waals surface area (Å²) in [6.07, 6.45) is 0.734. The molecule has 4 nitrogen and oxygen atoms in total. The summed E-state index contributed by atoms with van der Waals surface area (Å²) in [5.41, 5.74) is 1.34. The molecule has 2 heterocycles. The average molecular weight is 271 g/mol. The van der Waals surface area contributed by atoms with Crippen LogP contribution in [0.3, 0.4) is 0 Å². The first-order valence-corrected chi connectivity index (χ1v) is 6.45. The summed E-state index contributed by atoms with van der Waals surface area (Å²) in [5, 5.41) is 3.73. The van der Waals surface area contributed by atoms with E-state index in [2.05, 4.69) is 15.3 Å². The van der Waals surface area contributed by atoms with Crippen LogP contribution in [0.4, 0.5) is 10.2 Å². The van der Waals surface area contributed by atoms with Gasteiger partial charge in [-0.1, -0.05) is 6.92 Å². The van der Waals surface area contributed by atoms with Gasteiger partial charge in [0.2, 0.25) is 0 Å². The Labute approximate surface area is 115 Å². The summed E-state index contributed by atoms with van der Waals surface area (Å²) in [6, 6.07) is 8.05. The quantitative estimate of drug-likeness (QED) is 0.790. The van der Waals surface area contributed by atoms with Crippen molar-refractivity contribution in [3.8, 4) is 11.5 Å². The maximum Gasteiger partial charge on any atom is 0.154 e. The van der Waals surface area contributed by atoms with Crippen molar-refractivity contribution >= 4 is 16.8 Å². The lowest BCUT2D eigenvalue weighted by Crippen LogP contribution is -2.00. The van der Waals surface area contributed by atoms with Gasteiger partial charge in [0.25, 0.3) is 0 Å². The molecular formula is C15H14FN3O. The molecule has 0 aliphatic heterocycles. The van der Waals surface area contributed by atoms with Crippen molar-refractivity contribution in [2.75, 3.05) is 12.4 Å². The lowest BCUT2D eigenvalue weighted by Gasteiger charge is -2.04. The number of hydrogen-bond acceptors (Lipinski definition) is 4. The smallest absolute Gasteiger partial charge is 0.154 e. The highest BCUT2D eigenvalue weighted by Crippen LogP contribution is 2.28. The zero-order chi connectivity index (χ0) is 14.1. The number of aromatic nitrogens is 2. The highest BCUT2D eigenvalue weighted by molar-refractivity contribution is 5.82. The molecule has 2 aromatic heterocycles. The van der Waals surface area contributed by atoms with Crippen LogP contribution in [0.1, 0.15) is 12.7 Å². The van der Waals surface area contributed by atoms with E-state index in [0.717, 1.165) is 23.4 Å². The summed E-state index contributed by atoms with van der Waals surface area (Å²) in [5.74, 6) is 1.80. The molecule has 1 aromatic carbocycles. The summed E-state index contributed by atoms with van der Waals surface area (Å²) in [7, 11) is 1.81. The van der Waals surface area contributed by atoms with Crippen molar-refractivity contribution in [2.45, 2.75) is 13.3 Å². The highest BCUT2D eigenvalue weighted by Gasteiger charge is 2.11. The van der Waals surface area contributed by atoms with Crippen LogP contribution < -0.4 is 5.32 Å². The van der Waals surface area contributed by atoms with Crippen LogP contribution in [0.5, 0.6) is 0 Å². The van der Waals surface area contributed by atoms with Gasteiger partial charge in [-0.15, -0.1) is 0 Å². The number of hydrogen-bond donors (Lipinski definition) is 1. The fraction of sp³-hybridized carbons (Fsp3) is 0.200. The third kappa shape index (κ3) is 2.22. The van der Waals surface area contributed by atoms with Crippen molar-refractivity contribution in [3.05, 3.63) is 42.0 Å². The number of aryl methyl sites for hydroxylation is 1. The third-order valence-corrected chi connectivity index (χ3v) is 3.08.